The van der Waals surface area contributed by atoms with Gasteiger partial charge in [0.25, 0.3) is 0 Å². The molecule has 0 aliphatic rings. The van der Waals surface area contributed by atoms with Crippen LogP contribution in [0.15, 0.2) is 0 Å². The molecule has 0 amide bonds. The summed E-state index contributed by atoms with van der Waals surface area (Å²) < 4.78 is 2.02. The Morgan fingerprint density at radius 3 is 2.44 bits per heavy atom. The van der Waals surface area contributed by atoms with Crippen molar-refractivity contribution in [3.63, 3.8) is 0 Å². The van der Waals surface area contributed by atoms with Crippen molar-refractivity contribution in [3.8, 4) is 0 Å². The largest absolute Gasteiger partial charge is 0.392 e. The average molecular weight is 225 g/mol. The molecule has 1 unspecified atom stereocenters. The van der Waals surface area contributed by atoms with Crippen LogP contribution in [0.4, 0.5) is 0 Å². The summed E-state index contributed by atoms with van der Waals surface area (Å²) in [6.45, 7) is 11.6. The summed E-state index contributed by atoms with van der Waals surface area (Å²) in [5.74, 6) is 0. The van der Waals surface area contributed by atoms with Crippen LogP contribution < -0.4 is 5.32 Å². The predicted octanol–water partition coefficient (Wildman–Crippen LogP) is 1.55. The number of aliphatic hydroxyl groups excluding tert-OH is 1. The standard InChI is InChI=1S/C12H23N3O/c1-6-15-11(5)12(10(4)14-15)9(3)13-7-8(2)16/h8-9,13,16H,6-7H2,1-5H3/t8-,9?/m1/s1. The third-order valence-corrected chi connectivity index (χ3v) is 2.89. The Bertz CT molecular complexity index is 344. The highest BCUT2D eigenvalue weighted by Crippen LogP contribution is 2.21. The fraction of sp³-hybridized carbons (Fsp3) is 0.750. The molecular formula is C12H23N3O. The van der Waals surface area contributed by atoms with E-state index in [1.54, 1.807) is 6.92 Å². The van der Waals surface area contributed by atoms with Crippen LogP contribution in [0.5, 0.6) is 0 Å². The Kier molecular flexibility index (Phi) is 4.50. The zero-order valence-corrected chi connectivity index (χ0v) is 10.9. The lowest BCUT2D eigenvalue weighted by Crippen LogP contribution is -2.27. The van der Waals surface area contributed by atoms with Gasteiger partial charge in [0.05, 0.1) is 11.8 Å². The summed E-state index contributed by atoms with van der Waals surface area (Å²) in [7, 11) is 0. The maximum absolute atomic E-state index is 9.25. The van der Waals surface area contributed by atoms with Crippen LogP contribution in [0, 0.1) is 13.8 Å². The summed E-state index contributed by atoms with van der Waals surface area (Å²) in [5, 5.41) is 17.1. The summed E-state index contributed by atoms with van der Waals surface area (Å²) in [5.41, 5.74) is 3.54. The van der Waals surface area contributed by atoms with Gasteiger partial charge in [-0.05, 0) is 34.6 Å². The highest BCUT2D eigenvalue weighted by molar-refractivity contribution is 5.27. The van der Waals surface area contributed by atoms with Gasteiger partial charge >= 0.3 is 0 Å². The second kappa shape index (κ2) is 5.46. The number of hydrogen-bond donors (Lipinski definition) is 2. The van der Waals surface area contributed by atoms with Gasteiger partial charge in [0.1, 0.15) is 0 Å². The molecule has 0 fully saturated rings. The van der Waals surface area contributed by atoms with Gasteiger partial charge in [-0.2, -0.15) is 5.10 Å². The van der Waals surface area contributed by atoms with Gasteiger partial charge in [-0.3, -0.25) is 4.68 Å². The summed E-state index contributed by atoms with van der Waals surface area (Å²) in [4.78, 5) is 0. The number of nitrogens with zero attached hydrogens (tertiary/aromatic N) is 2. The fourth-order valence-corrected chi connectivity index (χ4v) is 2.09. The van der Waals surface area contributed by atoms with Crippen molar-refractivity contribution < 1.29 is 5.11 Å². The molecule has 0 aromatic carbocycles. The smallest absolute Gasteiger partial charge is 0.0644 e. The van der Waals surface area contributed by atoms with E-state index in [1.807, 2.05) is 11.6 Å². The summed E-state index contributed by atoms with van der Waals surface area (Å²) >= 11 is 0. The lowest BCUT2D eigenvalue weighted by Gasteiger charge is -2.16. The van der Waals surface area contributed by atoms with E-state index >= 15 is 0 Å². The number of aliphatic hydroxyl groups is 1. The van der Waals surface area contributed by atoms with Gasteiger partial charge in [-0.1, -0.05) is 0 Å². The van der Waals surface area contributed by atoms with Crippen LogP contribution in [-0.2, 0) is 6.54 Å². The zero-order valence-electron chi connectivity index (χ0n) is 10.9. The van der Waals surface area contributed by atoms with Gasteiger partial charge in [-0.25, -0.2) is 0 Å². The van der Waals surface area contributed by atoms with Gasteiger partial charge in [0, 0.05) is 30.4 Å². The molecule has 2 atom stereocenters. The molecule has 0 saturated heterocycles. The van der Waals surface area contributed by atoms with E-state index in [4.69, 9.17) is 0 Å². The number of aromatic nitrogens is 2. The molecule has 1 heterocycles. The number of nitrogens with one attached hydrogen (secondary N) is 1. The second-order valence-electron chi connectivity index (χ2n) is 4.38. The van der Waals surface area contributed by atoms with Crippen molar-refractivity contribution in [2.75, 3.05) is 6.54 Å². The van der Waals surface area contributed by atoms with Crippen molar-refractivity contribution in [3.05, 3.63) is 17.0 Å². The van der Waals surface area contributed by atoms with Crippen molar-refractivity contribution >= 4 is 0 Å². The van der Waals surface area contributed by atoms with Crippen molar-refractivity contribution in [2.24, 2.45) is 0 Å². The Balaban J connectivity index is 2.82. The first-order chi connectivity index (χ1) is 7.47. The monoisotopic (exact) mass is 225 g/mol. The van der Waals surface area contributed by atoms with E-state index in [1.165, 1.54) is 11.3 Å². The molecular weight excluding hydrogens is 202 g/mol. The molecule has 0 bridgehead atoms. The topological polar surface area (TPSA) is 50.1 Å². The van der Waals surface area contributed by atoms with Gasteiger partial charge in [-0.15, -0.1) is 0 Å². The van der Waals surface area contributed by atoms with Crippen molar-refractivity contribution in [1.29, 1.82) is 0 Å². The molecule has 1 aromatic heterocycles. The molecule has 0 saturated carbocycles. The molecule has 4 nitrogen and oxygen atoms in total. The minimum Gasteiger partial charge on any atom is -0.392 e. The number of aryl methyl sites for hydroxylation is 2. The molecule has 92 valence electrons. The van der Waals surface area contributed by atoms with Gasteiger partial charge in [0.15, 0.2) is 0 Å². The molecule has 4 heteroatoms. The van der Waals surface area contributed by atoms with Crippen LogP contribution in [0.1, 0.15) is 43.8 Å². The van der Waals surface area contributed by atoms with E-state index in [0.717, 1.165) is 12.2 Å². The first kappa shape index (κ1) is 13.2. The number of rotatable bonds is 5. The van der Waals surface area contributed by atoms with Crippen LogP contribution in [-0.4, -0.2) is 27.5 Å². The van der Waals surface area contributed by atoms with Crippen molar-refractivity contribution in [2.45, 2.75) is 53.3 Å². The van der Waals surface area contributed by atoms with Crippen LogP contribution in [0.2, 0.25) is 0 Å². The molecule has 0 spiro atoms. The molecule has 1 aromatic rings. The Morgan fingerprint density at radius 2 is 2.00 bits per heavy atom. The predicted molar refractivity (Wildman–Crippen MR) is 65.5 cm³/mol. The Hall–Kier alpha value is -0.870. The summed E-state index contributed by atoms with van der Waals surface area (Å²) in [6, 6.07) is 0.231. The molecule has 0 aliphatic heterocycles. The first-order valence-electron chi connectivity index (χ1n) is 5.92. The highest BCUT2D eigenvalue weighted by Gasteiger charge is 2.16. The molecule has 0 aliphatic carbocycles. The SMILES string of the molecule is CCn1nc(C)c(C(C)NC[C@@H](C)O)c1C. The average Bonchev–Trinajstić information content (AvgIpc) is 2.50. The van der Waals surface area contributed by atoms with Gasteiger partial charge in [0.2, 0.25) is 0 Å². The minimum atomic E-state index is -0.315. The zero-order chi connectivity index (χ0) is 12.3. The Morgan fingerprint density at radius 1 is 1.38 bits per heavy atom. The maximum Gasteiger partial charge on any atom is 0.0644 e. The molecule has 2 N–H and O–H groups in total. The van der Waals surface area contributed by atoms with E-state index in [-0.39, 0.29) is 12.1 Å². The lowest BCUT2D eigenvalue weighted by molar-refractivity contribution is 0.187. The third-order valence-electron chi connectivity index (χ3n) is 2.89. The van der Waals surface area contributed by atoms with Crippen LogP contribution in [0.3, 0.4) is 0 Å². The minimum absolute atomic E-state index is 0.231. The first-order valence-corrected chi connectivity index (χ1v) is 5.92. The lowest BCUT2D eigenvalue weighted by atomic mass is 10.1. The molecule has 16 heavy (non-hydrogen) atoms. The van der Waals surface area contributed by atoms with Crippen LogP contribution >= 0.6 is 0 Å². The fourth-order valence-electron chi connectivity index (χ4n) is 2.09. The maximum atomic E-state index is 9.25. The normalized spacial score (nSPS) is 15.1. The number of hydrogen-bond acceptors (Lipinski definition) is 3. The second-order valence-corrected chi connectivity index (χ2v) is 4.38. The third kappa shape index (κ3) is 2.83. The van der Waals surface area contributed by atoms with E-state index in [2.05, 4.69) is 31.2 Å². The summed E-state index contributed by atoms with van der Waals surface area (Å²) in [6.07, 6.45) is -0.315. The van der Waals surface area contributed by atoms with Crippen molar-refractivity contribution in [1.82, 2.24) is 15.1 Å². The molecule has 0 radical (unpaired) electrons. The Labute approximate surface area is 97.7 Å². The highest BCUT2D eigenvalue weighted by atomic mass is 16.3. The van der Waals surface area contributed by atoms with Crippen LogP contribution in [0.25, 0.3) is 0 Å². The van der Waals surface area contributed by atoms with E-state index in [0.29, 0.717) is 6.54 Å². The molecule has 1 rings (SSSR count). The van der Waals surface area contributed by atoms with Gasteiger partial charge < -0.3 is 10.4 Å². The van der Waals surface area contributed by atoms with E-state index in [9.17, 15) is 5.11 Å². The quantitative estimate of drug-likeness (QED) is 0.799. The van der Waals surface area contributed by atoms with E-state index < -0.39 is 0 Å².